The summed E-state index contributed by atoms with van der Waals surface area (Å²) in [5.74, 6) is 0. The van der Waals surface area contributed by atoms with Crippen LogP contribution < -0.4 is 0 Å². The Morgan fingerprint density at radius 1 is 1.42 bits per heavy atom. The molecule has 0 saturated heterocycles. The van der Waals surface area contributed by atoms with Gasteiger partial charge >= 0.3 is 0 Å². The molecule has 0 bridgehead atoms. The Kier molecular flexibility index (Phi) is 6.67. The summed E-state index contributed by atoms with van der Waals surface area (Å²) < 4.78 is 0. The number of rotatable bonds is 3. The molecule has 12 heavy (non-hydrogen) atoms. The number of aromatic nitrogens is 1. The molecule has 0 aromatic carbocycles. The van der Waals surface area contributed by atoms with Crippen molar-refractivity contribution in [1.82, 2.24) is 4.98 Å². The van der Waals surface area contributed by atoms with E-state index in [9.17, 15) is 0 Å². The molecule has 0 spiro atoms. The van der Waals surface area contributed by atoms with Crippen molar-refractivity contribution >= 4 is 32.9 Å². The number of hydrogen-bond acceptors (Lipinski definition) is 1. The first-order valence-corrected chi connectivity index (χ1v) is 4.77. The third-order valence-electron chi connectivity index (χ3n) is 1.65. The smallest absolute Gasteiger partial charge is 0.0270 e. The van der Waals surface area contributed by atoms with Crippen molar-refractivity contribution in [2.75, 3.05) is 0 Å². The molecule has 68 valence electrons. The molecule has 0 amide bonds. The predicted molar refractivity (Wildman–Crippen MR) is 61.3 cm³/mol. The quantitative estimate of drug-likeness (QED) is 0.779. The van der Waals surface area contributed by atoms with Crippen LogP contribution in [0.4, 0.5) is 0 Å². The van der Waals surface area contributed by atoms with E-state index in [4.69, 9.17) is 0 Å². The van der Waals surface area contributed by atoms with Gasteiger partial charge in [0.15, 0.2) is 0 Å². The highest BCUT2D eigenvalue weighted by molar-refractivity contribution is 9.09. The van der Waals surface area contributed by atoms with Gasteiger partial charge in [0, 0.05) is 17.2 Å². The van der Waals surface area contributed by atoms with E-state index in [0.717, 1.165) is 6.42 Å². The number of pyridine rings is 1. The van der Waals surface area contributed by atoms with Gasteiger partial charge in [-0.1, -0.05) is 22.9 Å². The molecule has 0 N–H and O–H groups in total. The molecule has 1 rings (SSSR count). The maximum Gasteiger partial charge on any atom is 0.0270 e. The highest BCUT2D eigenvalue weighted by atomic mass is 79.9. The van der Waals surface area contributed by atoms with Crippen LogP contribution in [-0.4, -0.2) is 9.81 Å². The molecule has 0 aliphatic heterocycles. The second kappa shape index (κ2) is 6.61. The fourth-order valence-electron chi connectivity index (χ4n) is 0.919. The fraction of sp³-hybridized carbons (Fsp3) is 0.444. The molecule has 1 heterocycles. The van der Waals surface area contributed by atoms with Gasteiger partial charge in [0.05, 0.1) is 0 Å². The molecule has 1 atom stereocenters. The first kappa shape index (κ1) is 12.1. The summed E-state index contributed by atoms with van der Waals surface area (Å²) in [7, 11) is 0. The Morgan fingerprint density at radius 2 is 2.00 bits per heavy atom. The van der Waals surface area contributed by atoms with Crippen molar-refractivity contribution in [2.24, 2.45) is 0 Å². The van der Waals surface area contributed by atoms with Crippen LogP contribution in [0, 0.1) is 0 Å². The lowest BCUT2D eigenvalue weighted by Gasteiger charge is -2.04. The van der Waals surface area contributed by atoms with Gasteiger partial charge in [0.2, 0.25) is 0 Å². The van der Waals surface area contributed by atoms with Crippen molar-refractivity contribution in [2.45, 2.75) is 24.6 Å². The van der Waals surface area contributed by atoms with Crippen LogP contribution in [0.2, 0.25) is 0 Å². The first-order valence-electron chi connectivity index (χ1n) is 3.86. The van der Waals surface area contributed by atoms with Gasteiger partial charge in [-0.3, -0.25) is 4.98 Å². The molecule has 1 nitrogen and oxygen atoms in total. The molecule has 0 saturated carbocycles. The summed E-state index contributed by atoms with van der Waals surface area (Å²) in [5, 5.41) is 0. The number of halogens is 2. The topological polar surface area (TPSA) is 12.9 Å². The second-order valence-electron chi connectivity index (χ2n) is 2.57. The van der Waals surface area contributed by atoms with Crippen molar-refractivity contribution < 1.29 is 0 Å². The van der Waals surface area contributed by atoms with Crippen molar-refractivity contribution in [3.8, 4) is 0 Å². The van der Waals surface area contributed by atoms with Gasteiger partial charge in [-0.15, -0.1) is 17.0 Å². The zero-order valence-corrected chi connectivity index (χ0v) is 10.3. The van der Waals surface area contributed by atoms with Crippen molar-refractivity contribution in [3.63, 3.8) is 0 Å². The minimum atomic E-state index is 0. The van der Waals surface area contributed by atoms with E-state index < -0.39 is 0 Å². The largest absolute Gasteiger partial charge is 0.265 e. The highest BCUT2D eigenvalue weighted by Gasteiger charge is 2.00. The number of hydrogen-bond donors (Lipinski definition) is 0. The highest BCUT2D eigenvalue weighted by Crippen LogP contribution is 2.11. The van der Waals surface area contributed by atoms with Gasteiger partial charge < -0.3 is 0 Å². The van der Waals surface area contributed by atoms with Crippen LogP contribution in [0.3, 0.4) is 0 Å². The zero-order chi connectivity index (χ0) is 8.10. The van der Waals surface area contributed by atoms with Crippen LogP contribution in [0.1, 0.15) is 18.9 Å². The molecule has 0 aliphatic carbocycles. The Bertz CT molecular complexity index is 201. The summed E-state index contributed by atoms with van der Waals surface area (Å²) in [5.41, 5.74) is 1.35. The van der Waals surface area contributed by atoms with Gasteiger partial charge in [0.25, 0.3) is 0 Å². The predicted octanol–water partition coefficient (Wildman–Crippen LogP) is 3.38. The summed E-state index contributed by atoms with van der Waals surface area (Å²) >= 11 is 3.59. The van der Waals surface area contributed by atoms with Crippen LogP contribution in [0.5, 0.6) is 0 Å². The van der Waals surface area contributed by atoms with Crippen molar-refractivity contribution in [1.29, 1.82) is 0 Å². The van der Waals surface area contributed by atoms with Gasteiger partial charge in [-0.05, 0) is 30.5 Å². The molecular weight excluding hydrogens is 282 g/mol. The lowest BCUT2D eigenvalue weighted by molar-refractivity contribution is 0.828. The third kappa shape index (κ3) is 4.21. The molecular formula is C9H13Br2N. The Labute approximate surface area is 92.5 Å². The minimum absolute atomic E-state index is 0. The molecule has 0 aliphatic rings. The Hall–Kier alpha value is 0.110. The van der Waals surface area contributed by atoms with Gasteiger partial charge in [0.1, 0.15) is 0 Å². The van der Waals surface area contributed by atoms with Gasteiger partial charge in [-0.25, -0.2) is 0 Å². The zero-order valence-electron chi connectivity index (χ0n) is 7.03. The lowest BCUT2D eigenvalue weighted by Crippen LogP contribution is -1.99. The molecule has 3 heteroatoms. The van der Waals surface area contributed by atoms with E-state index >= 15 is 0 Å². The maximum absolute atomic E-state index is 3.96. The number of nitrogens with zero attached hydrogens (tertiary/aromatic N) is 1. The van der Waals surface area contributed by atoms with E-state index in [-0.39, 0.29) is 17.0 Å². The molecule has 1 aromatic heterocycles. The van der Waals surface area contributed by atoms with E-state index in [1.807, 2.05) is 12.4 Å². The molecule has 0 radical (unpaired) electrons. The average Bonchev–Trinajstić information content (AvgIpc) is 2.06. The van der Waals surface area contributed by atoms with Crippen molar-refractivity contribution in [3.05, 3.63) is 30.1 Å². The summed E-state index contributed by atoms with van der Waals surface area (Å²) in [6.45, 7) is 2.18. The van der Waals surface area contributed by atoms with Crippen LogP contribution >= 0.6 is 32.9 Å². The minimum Gasteiger partial charge on any atom is -0.265 e. The second-order valence-corrected chi connectivity index (χ2v) is 3.86. The molecule has 0 fully saturated rings. The normalized spacial score (nSPS) is 11.8. The summed E-state index contributed by atoms with van der Waals surface area (Å²) in [6.07, 6.45) is 5.94. The molecule has 1 unspecified atom stereocenters. The summed E-state index contributed by atoms with van der Waals surface area (Å²) in [6, 6.07) is 4.12. The van der Waals surface area contributed by atoms with E-state index in [1.54, 1.807) is 0 Å². The fourth-order valence-corrected chi connectivity index (χ4v) is 1.29. The molecule has 1 aromatic rings. The van der Waals surface area contributed by atoms with E-state index in [2.05, 4.69) is 40.0 Å². The lowest BCUT2D eigenvalue weighted by atomic mass is 10.1. The van der Waals surface area contributed by atoms with E-state index in [0.29, 0.717) is 4.83 Å². The Morgan fingerprint density at radius 3 is 2.50 bits per heavy atom. The number of alkyl halides is 1. The third-order valence-corrected chi connectivity index (χ3v) is 2.62. The van der Waals surface area contributed by atoms with Crippen LogP contribution in [0.25, 0.3) is 0 Å². The SMILES string of the molecule is Br.CCC(Br)Cc1ccncc1. The average molecular weight is 295 g/mol. The monoisotopic (exact) mass is 293 g/mol. The first-order chi connectivity index (χ1) is 5.33. The van der Waals surface area contributed by atoms with Crippen LogP contribution in [0.15, 0.2) is 24.5 Å². The van der Waals surface area contributed by atoms with Crippen LogP contribution in [-0.2, 0) is 6.42 Å². The van der Waals surface area contributed by atoms with E-state index in [1.165, 1.54) is 12.0 Å². The standard InChI is InChI=1S/C9H12BrN.BrH/c1-2-9(10)7-8-3-5-11-6-4-8;/h3-6,9H,2,7H2,1H3;1H. The maximum atomic E-state index is 3.96. The Balaban J connectivity index is 0.00000121. The van der Waals surface area contributed by atoms with Gasteiger partial charge in [-0.2, -0.15) is 0 Å². The summed E-state index contributed by atoms with van der Waals surface area (Å²) in [4.78, 5) is 4.56.